The van der Waals surface area contributed by atoms with Crippen LogP contribution in [0, 0.1) is 17.2 Å². The predicted octanol–water partition coefficient (Wildman–Crippen LogP) is 3.17. The van der Waals surface area contributed by atoms with Crippen LogP contribution in [-0.4, -0.2) is 13.6 Å². The molecular weight excluding hydrogens is 245 g/mol. The summed E-state index contributed by atoms with van der Waals surface area (Å²) in [5.41, 5.74) is 6.85. The van der Waals surface area contributed by atoms with Crippen LogP contribution < -0.4 is 10.6 Å². The fraction of sp³-hybridized carbons (Fsp3) is 0.364. The maximum Gasteiger partial charge on any atom is 0.0744 e. The lowest BCUT2D eigenvalue weighted by Gasteiger charge is -2.23. The van der Waals surface area contributed by atoms with E-state index in [1.165, 1.54) is 0 Å². The Bertz CT molecular complexity index is 403. The van der Waals surface area contributed by atoms with Gasteiger partial charge in [-0.15, -0.1) is 0 Å². The summed E-state index contributed by atoms with van der Waals surface area (Å²) in [6.45, 7) is 2.41. The van der Waals surface area contributed by atoms with Crippen LogP contribution in [0.25, 0.3) is 0 Å². The minimum atomic E-state index is -0.0883. The Labute approximate surface area is 105 Å². The summed E-state index contributed by atoms with van der Waals surface area (Å²) in [6.07, 6.45) is 0. The van der Waals surface area contributed by atoms with Gasteiger partial charge in [0.05, 0.1) is 27.7 Å². The zero-order chi connectivity index (χ0) is 12.3. The Balaban J connectivity index is 3.00. The fourth-order valence-electron chi connectivity index (χ4n) is 1.49. The van der Waals surface area contributed by atoms with Crippen molar-refractivity contribution in [2.75, 3.05) is 24.2 Å². The molecule has 1 rings (SSSR count). The van der Waals surface area contributed by atoms with Gasteiger partial charge in [0.25, 0.3) is 0 Å². The van der Waals surface area contributed by atoms with Gasteiger partial charge in [0, 0.05) is 19.3 Å². The highest BCUT2D eigenvalue weighted by Crippen LogP contribution is 2.35. The molecule has 86 valence electrons. The number of hydrogen-bond acceptors (Lipinski definition) is 3. The zero-order valence-corrected chi connectivity index (χ0v) is 10.7. The quantitative estimate of drug-likeness (QED) is 0.847. The highest BCUT2D eigenvalue weighted by molar-refractivity contribution is 6.39. The Morgan fingerprint density at radius 2 is 1.94 bits per heavy atom. The summed E-state index contributed by atoms with van der Waals surface area (Å²) >= 11 is 12.1. The Hall–Kier alpha value is -1.11. The number of benzene rings is 1. The second kappa shape index (κ2) is 5.29. The molecule has 5 heteroatoms. The van der Waals surface area contributed by atoms with E-state index in [0.717, 1.165) is 0 Å². The summed E-state index contributed by atoms with van der Waals surface area (Å²) in [5, 5.41) is 9.75. The van der Waals surface area contributed by atoms with Crippen LogP contribution in [0.2, 0.25) is 10.0 Å². The first-order chi connectivity index (χ1) is 7.45. The van der Waals surface area contributed by atoms with Gasteiger partial charge in [-0.2, -0.15) is 5.26 Å². The van der Waals surface area contributed by atoms with Gasteiger partial charge in [0.1, 0.15) is 0 Å². The van der Waals surface area contributed by atoms with Crippen molar-refractivity contribution < 1.29 is 0 Å². The van der Waals surface area contributed by atoms with Gasteiger partial charge in [-0.25, -0.2) is 0 Å². The minimum Gasteiger partial charge on any atom is -0.399 e. The maximum atomic E-state index is 8.75. The van der Waals surface area contributed by atoms with Crippen molar-refractivity contribution in [1.82, 2.24) is 0 Å². The molecule has 0 bridgehead atoms. The molecule has 0 heterocycles. The highest BCUT2D eigenvalue weighted by atomic mass is 35.5. The number of nitriles is 1. The average Bonchev–Trinajstić information content (AvgIpc) is 2.15. The minimum absolute atomic E-state index is 0.0883. The van der Waals surface area contributed by atoms with Crippen LogP contribution in [0.3, 0.4) is 0 Å². The number of nitrogens with two attached hydrogens (primary N) is 1. The predicted molar refractivity (Wildman–Crippen MR) is 68.9 cm³/mol. The largest absolute Gasteiger partial charge is 0.399 e. The summed E-state index contributed by atoms with van der Waals surface area (Å²) in [5.74, 6) is -0.0883. The zero-order valence-electron chi connectivity index (χ0n) is 9.17. The van der Waals surface area contributed by atoms with E-state index in [1.807, 2.05) is 18.9 Å². The second-order valence-electron chi connectivity index (χ2n) is 3.74. The van der Waals surface area contributed by atoms with Gasteiger partial charge >= 0.3 is 0 Å². The molecule has 1 unspecified atom stereocenters. The SMILES string of the molecule is CC(C#N)CN(C)c1c(Cl)cc(N)cc1Cl. The van der Waals surface area contributed by atoms with Gasteiger partial charge in [-0.05, 0) is 19.1 Å². The van der Waals surface area contributed by atoms with E-state index in [9.17, 15) is 0 Å². The van der Waals surface area contributed by atoms with Crippen LogP contribution in [0.1, 0.15) is 6.92 Å². The lowest BCUT2D eigenvalue weighted by atomic mass is 10.2. The average molecular weight is 258 g/mol. The van der Waals surface area contributed by atoms with Crippen LogP contribution in [-0.2, 0) is 0 Å². The fourth-order valence-corrected chi connectivity index (χ4v) is 2.29. The smallest absolute Gasteiger partial charge is 0.0744 e. The second-order valence-corrected chi connectivity index (χ2v) is 4.56. The van der Waals surface area contributed by atoms with Crippen molar-refractivity contribution in [2.45, 2.75) is 6.92 Å². The van der Waals surface area contributed by atoms with E-state index in [4.69, 9.17) is 34.2 Å². The Morgan fingerprint density at radius 1 is 1.44 bits per heavy atom. The molecule has 0 saturated heterocycles. The van der Waals surface area contributed by atoms with Gasteiger partial charge in [-0.1, -0.05) is 23.2 Å². The van der Waals surface area contributed by atoms with Gasteiger partial charge < -0.3 is 10.6 Å². The van der Waals surface area contributed by atoms with Gasteiger partial charge in [0.2, 0.25) is 0 Å². The molecule has 0 aromatic heterocycles. The molecule has 0 radical (unpaired) electrons. The van der Waals surface area contributed by atoms with Crippen LogP contribution in [0.5, 0.6) is 0 Å². The molecule has 3 nitrogen and oxygen atoms in total. The highest BCUT2D eigenvalue weighted by Gasteiger charge is 2.14. The standard InChI is InChI=1S/C11H13Cl2N3/c1-7(5-14)6-16(2)11-9(12)3-8(15)4-10(11)13/h3-4,7H,6,15H2,1-2H3. The lowest BCUT2D eigenvalue weighted by Crippen LogP contribution is -2.23. The van der Waals surface area contributed by atoms with E-state index in [0.29, 0.717) is 28.0 Å². The van der Waals surface area contributed by atoms with Crippen molar-refractivity contribution in [1.29, 1.82) is 5.26 Å². The number of halogens is 2. The maximum absolute atomic E-state index is 8.75. The number of rotatable bonds is 3. The normalized spacial score (nSPS) is 11.9. The Morgan fingerprint density at radius 3 is 2.38 bits per heavy atom. The third-order valence-electron chi connectivity index (χ3n) is 2.19. The topological polar surface area (TPSA) is 53.0 Å². The Kier molecular flexibility index (Phi) is 4.28. The number of nitrogen functional groups attached to an aromatic ring is 1. The van der Waals surface area contributed by atoms with E-state index >= 15 is 0 Å². The monoisotopic (exact) mass is 257 g/mol. The summed E-state index contributed by atoms with van der Waals surface area (Å²) in [4.78, 5) is 1.86. The molecule has 0 aliphatic carbocycles. The third-order valence-corrected chi connectivity index (χ3v) is 2.77. The molecule has 2 N–H and O–H groups in total. The molecule has 16 heavy (non-hydrogen) atoms. The molecule has 0 aliphatic rings. The van der Waals surface area contributed by atoms with Crippen molar-refractivity contribution in [3.63, 3.8) is 0 Å². The molecular formula is C11H13Cl2N3. The van der Waals surface area contributed by atoms with Crippen LogP contribution >= 0.6 is 23.2 Å². The van der Waals surface area contributed by atoms with Crippen molar-refractivity contribution in [3.05, 3.63) is 22.2 Å². The van der Waals surface area contributed by atoms with Crippen molar-refractivity contribution in [3.8, 4) is 6.07 Å². The van der Waals surface area contributed by atoms with E-state index in [2.05, 4.69) is 6.07 Å². The first-order valence-electron chi connectivity index (χ1n) is 4.81. The van der Waals surface area contributed by atoms with Crippen molar-refractivity contribution >= 4 is 34.6 Å². The third kappa shape index (κ3) is 2.94. The van der Waals surface area contributed by atoms with E-state index in [-0.39, 0.29) is 5.92 Å². The van der Waals surface area contributed by atoms with Gasteiger partial charge in [0.15, 0.2) is 0 Å². The molecule has 0 amide bonds. The molecule has 1 aromatic carbocycles. The van der Waals surface area contributed by atoms with E-state index in [1.54, 1.807) is 12.1 Å². The number of nitrogens with zero attached hydrogens (tertiary/aromatic N) is 2. The molecule has 0 saturated carbocycles. The van der Waals surface area contributed by atoms with Gasteiger partial charge in [-0.3, -0.25) is 0 Å². The molecule has 1 atom stereocenters. The summed E-state index contributed by atoms with van der Waals surface area (Å²) < 4.78 is 0. The summed E-state index contributed by atoms with van der Waals surface area (Å²) in [7, 11) is 1.84. The first-order valence-corrected chi connectivity index (χ1v) is 5.56. The lowest BCUT2D eigenvalue weighted by molar-refractivity contribution is 0.716. The van der Waals surface area contributed by atoms with Crippen LogP contribution in [0.4, 0.5) is 11.4 Å². The number of anilines is 2. The summed E-state index contributed by atoms with van der Waals surface area (Å²) in [6, 6.07) is 5.46. The number of hydrogen-bond donors (Lipinski definition) is 1. The van der Waals surface area contributed by atoms with E-state index < -0.39 is 0 Å². The molecule has 0 spiro atoms. The first kappa shape index (κ1) is 13.0. The van der Waals surface area contributed by atoms with Crippen molar-refractivity contribution in [2.24, 2.45) is 5.92 Å². The molecule has 1 aromatic rings. The molecule has 0 aliphatic heterocycles. The molecule has 0 fully saturated rings. The van der Waals surface area contributed by atoms with Crippen LogP contribution in [0.15, 0.2) is 12.1 Å².